The minimum atomic E-state index is -0.511. The van der Waals surface area contributed by atoms with E-state index in [1.54, 1.807) is 35.1 Å². The molecule has 0 amide bonds. The van der Waals surface area contributed by atoms with Gasteiger partial charge in [-0.3, -0.25) is 0 Å². The van der Waals surface area contributed by atoms with Crippen LogP contribution in [0.25, 0.3) is 5.69 Å². The Morgan fingerprint density at radius 1 is 1.17 bits per heavy atom. The van der Waals surface area contributed by atoms with Gasteiger partial charge in [0.05, 0.1) is 17.8 Å². The van der Waals surface area contributed by atoms with Crippen LogP contribution in [-0.4, -0.2) is 27.8 Å². The highest BCUT2D eigenvalue weighted by atomic mass is 35.5. The molecule has 0 aliphatic carbocycles. The summed E-state index contributed by atoms with van der Waals surface area (Å²) in [5, 5.41) is 11.4. The van der Waals surface area contributed by atoms with E-state index in [-0.39, 0.29) is 5.69 Å². The third-order valence-electron chi connectivity index (χ3n) is 4.34. The number of benzene rings is 2. The zero-order valence-electron chi connectivity index (χ0n) is 15.8. The van der Waals surface area contributed by atoms with Gasteiger partial charge < -0.3 is 10.1 Å². The third kappa shape index (κ3) is 4.48. The maximum Gasteiger partial charge on any atom is 0.358 e. The van der Waals surface area contributed by atoms with Gasteiger partial charge in [-0.1, -0.05) is 35.3 Å². The number of nitrogens with one attached hydrogen (secondary N) is 1. The standard InChI is InChI=1S/C21H16Cl2N4O2S/c1-29-20(28)18-12-16(27(26-18)19-7-4-14(22)11-17(19)23)10-13-2-5-15(6-3-13)25-21-24-8-9-30-21/h2-9,11-12H,10H2,1H3,(H,24,25). The van der Waals surface area contributed by atoms with Gasteiger partial charge in [0.15, 0.2) is 10.8 Å². The number of halogens is 2. The zero-order chi connectivity index (χ0) is 21.1. The summed E-state index contributed by atoms with van der Waals surface area (Å²) in [7, 11) is 1.32. The van der Waals surface area contributed by atoms with Gasteiger partial charge in [0.2, 0.25) is 0 Å². The van der Waals surface area contributed by atoms with Gasteiger partial charge in [0.1, 0.15) is 0 Å². The molecule has 1 N–H and O–H groups in total. The Labute approximate surface area is 187 Å². The Morgan fingerprint density at radius 2 is 1.97 bits per heavy atom. The summed E-state index contributed by atoms with van der Waals surface area (Å²) < 4.78 is 6.47. The van der Waals surface area contributed by atoms with Crippen LogP contribution in [0, 0.1) is 0 Å². The molecule has 0 atom stereocenters. The van der Waals surface area contributed by atoms with E-state index in [4.69, 9.17) is 27.9 Å². The molecule has 2 aromatic heterocycles. The van der Waals surface area contributed by atoms with Crippen LogP contribution in [0.4, 0.5) is 10.8 Å². The largest absolute Gasteiger partial charge is 0.464 e. The molecular weight excluding hydrogens is 443 g/mol. The van der Waals surface area contributed by atoms with Crippen LogP contribution in [0.3, 0.4) is 0 Å². The summed E-state index contributed by atoms with van der Waals surface area (Å²) in [6, 6.07) is 14.8. The fraction of sp³-hybridized carbons (Fsp3) is 0.0952. The van der Waals surface area contributed by atoms with E-state index in [0.717, 1.165) is 22.1 Å². The fourth-order valence-corrected chi connectivity index (χ4v) is 3.97. The van der Waals surface area contributed by atoms with E-state index in [9.17, 15) is 4.79 Å². The predicted molar refractivity (Wildman–Crippen MR) is 120 cm³/mol. The normalized spacial score (nSPS) is 10.8. The van der Waals surface area contributed by atoms with Gasteiger partial charge in [0, 0.05) is 34.4 Å². The molecule has 2 heterocycles. The highest BCUT2D eigenvalue weighted by Crippen LogP contribution is 2.27. The van der Waals surface area contributed by atoms with Crippen LogP contribution >= 0.6 is 34.5 Å². The Bertz CT molecular complexity index is 1170. The van der Waals surface area contributed by atoms with Crippen molar-refractivity contribution < 1.29 is 9.53 Å². The first-order valence-electron chi connectivity index (χ1n) is 8.91. The Kier molecular flexibility index (Phi) is 6.03. The number of thiazole rings is 1. The second kappa shape index (κ2) is 8.87. The minimum absolute atomic E-state index is 0.209. The van der Waals surface area contributed by atoms with Crippen LogP contribution in [0.5, 0.6) is 0 Å². The summed E-state index contributed by atoms with van der Waals surface area (Å²) in [5.74, 6) is -0.511. The Hall–Kier alpha value is -2.87. The SMILES string of the molecule is COC(=O)c1cc(Cc2ccc(Nc3nccs3)cc2)n(-c2ccc(Cl)cc2Cl)n1. The smallest absolute Gasteiger partial charge is 0.358 e. The maximum atomic E-state index is 12.0. The molecule has 0 saturated heterocycles. The minimum Gasteiger partial charge on any atom is -0.464 e. The van der Waals surface area contributed by atoms with Gasteiger partial charge >= 0.3 is 5.97 Å². The summed E-state index contributed by atoms with van der Waals surface area (Å²) in [6.07, 6.45) is 2.30. The van der Waals surface area contributed by atoms with E-state index in [0.29, 0.717) is 22.2 Å². The molecule has 0 bridgehead atoms. The van der Waals surface area contributed by atoms with Crippen molar-refractivity contribution in [1.29, 1.82) is 0 Å². The first-order valence-corrected chi connectivity index (χ1v) is 10.5. The number of hydrogen-bond donors (Lipinski definition) is 1. The van der Waals surface area contributed by atoms with Crippen LogP contribution in [0.15, 0.2) is 60.1 Å². The van der Waals surface area contributed by atoms with Crippen LogP contribution in [0.2, 0.25) is 10.0 Å². The number of anilines is 2. The van der Waals surface area contributed by atoms with E-state index < -0.39 is 5.97 Å². The predicted octanol–water partition coefficient (Wildman–Crippen LogP) is 5.76. The average Bonchev–Trinajstić information content (AvgIpc) is 3.39. The molecule has 0 radical (unpaired) electrons. The van der Waals surface area contributed by atoms with Crippen molar-refractivity contribution in [2.75, 3.05) is 12.4 Å². The van der Waals surface area contributed by atoms with Crippen LogP contribution in [-0.2, 0) is 11.2 Å². The lowest BCUT2D eigenvalue weighted by Gasteiger charge is -2.10. The van der Waals surface area contributed by atoms with Crippen molar-refractivity contribution in [3.63, 3.8) is 0 Å². The highest BCUT2D eigenvalue weighted by molar-refractivity contribution is 7.13. The monoisotopic (exact) mass is 458 g/mol. The number of methoxy groups -OCH3 is 1. The molecule has 4 rings (SSSR count). The van der Waals surface area contributed by atoms with Crippen LogP contribution < -0.4 is 5.32 Å². The van der Waals surface area contributed by atoms with Crippen molar-refractivity contribution in [3.8, 4) is 5.69 Å². The molecule has 0 unspecified atom stereocenters. The molecule has 6 nitrogen and oxygen atoms in total. The summed E-state index contributed by atoms with van der Waals surface area (Å²) in [4.78, 5) is 16.3. The lowest BCUT2D eigenvalue weighted by atomic mass is 10.1. The number of rotatable bonds is 6. The Balaban J connectivity index is 1.64. The molecule has 2 aromatic carbocycles. The molecule has 4 aromatic rings. The number of carbonyl (C=O) groups is 1. The van der Waals surface area contributed by atoms with Crippen molar-refractivity contribution in [2.24, 2.45) is 0 Å². The van der Waals surface area contributed by atoms with Crippen molar-refractivity contribution >= 4 is 51.3 Å². The van der Waals surface area contributed by atoms with Crippen molar-refractivity contribution in [2.45, 2.75) is 6.42 Å². The number of esters is 1. The number of aromatic nitrogens is 3. The number of nitrogens with zero attached hydrogens (tertiary/aromatic N) is 3. The van der Waals surface area contributed by atoms with Crippen molar-refractivity contribution in [1.82, 2.24) is 14.8 Å². The van der Waals surface area contributed by atoms with E-state index in [1.807, 2.05) is 29.6 Å². The molecule has 0 aliphatic heterocycles. The van der Waals surface area contributed by atoms with Gasteiger partial charge in [-0.05, 0) is 42.0 Å². The van der Waals surface area contributed by atoms with E-state index in [2.05, 4.69) is 15.4 Å². The quantitative estimate of drug-likeness (QED) is 0.372. The zero-order valence-corrected chi connectivity index (χ0v) is 18.1. The lowest BCUT2D eigenvalue weighted by molar-refractivity contribution is 0.0593. The Morgan fingerprint density at radius 3 is 2.63 bits per heavy atom. The molecule has 0 saturated carbocycles. The molecule has 9 heteroatoms. The molecule has 0 spiro atoms. The summed E-state index contributed by atoms with van der Waals surface area (Å²) in [6.45, 7) is 0. The highest BCUT2D eigenvalue weighted by Gasteiger charge is 2.18. The van der Waals surface area contributed by atoms with E-state index >= 15 is 0 Å². The average molecular weight is 459 g/mol. The molecular formula is C21H16Cl2N4O2S. The second-order valence-corrected chi connectivity index (χ2v) is 8.09. The summed E-state index contributed by atoms with van der Waals surface area (Å²) in [5.41, 5.74) is 3.62. The number of carbonyl (C=O) groups excluding carboxylic acids is 1. The van der Waals surface area contributed by atoms with Gasteiger partial charge in [-0.2, -0.15) is 5.10 Å². The van der Waals surface area contributed by atoms with Gasteiger partial charge in [-0.25, -0.2) is 14.5 Å². The summed E-state index contributed by atoms with van der Waals surface area (Å²) >= 11 is 13.9. The maximum absolute atomic E-state index is 12.0. The van der Waals surface area contributed by atoms with Crippen molar-refractivity contribution in [3.05, 3.63) is 87.1 Å². The van der Waals surface area contributed by atoms with Gasteiger partial charge in [-0.15, -0.1) is 11.3 Å². The molecule has 30 heavy (non-hydrogen) atoms. The lowest BCUT2D eigenvalue weighted by Crippen LogP contribution is -2.06. The molecule has 0 aliphatic rings. The van der Waals surface area contributed by atoms with Gasteiger partial charge in [0.25, 0.3) is 0 Å². The number of ether oxygens (including phenoxy) is 1. The second-order valence-electron chi connectivity index (χ2n) is 6.36. The first-order chi connectivity index (χ1) is 14.5. The topological polar surface area (TPSA) is 69.0 Å². The fourth-order valence-electron chi connectivity index (χ4n) is 2.94. The molecule has 0 fully saturated rings. The number of hydrogen-bond acceptors (Lipinski definition) is 6. The molecule has 152 valence electrons. The third-order valence-corrected chi connectivity index (χ3v) is 5.56. The van der Waals surface area contributed by atoms with Crippen LogP contribution in [0.1, 0.15) is 21.7 Å². The first kappa shape index (κ1) is 20.4. The van der Waals surface area contributed by atoms with E-state index in [1.165, 1.54) is 18.4 Å².